The molecule has 1 heteroatoms. The van der Waals surface area contributed by atoms with Crippen molar-refractivity contribution in [3.05, 3.63) is 34.5 Å². The second-order valence-corrected chi connectivity index (χ2v) is 7.68. The molecule has 1 aliphatic rings. The van der Waals surface area contributed by atoms with Crippen molar-refractivity contribution in [2.24, 2.45) is 0 Å². The Morgan fingerprint density at radius 3 is 2.33 bits per heavy atom. The second-order valence-electron chi connectivity index (χ2n) is 7.68. The molecule has 3 rings (SSSR count). The van der Waals surface area contributed by atoms with E-state index in [9.17, 15) is 0 Å². The molecule has 0 bridgehead atoms. The second kappa shape index (κ2) is 8.74. The smallest absolute Gasteiger partial charge is 0.0461 e. The number of aromatic amines is 1. The molecule has 1 aliphatic carbocycles. The van der Waals surface area contributed by atoms with Crippen LogP contribution in [0.1, 0.15) is 94.0 Å². The van der Waals surface area contributed by atoms with Gasteiger partial charge >= 0.3 is 0 Å². The molecule has 24 heavy (non-hydrogen) atoms. The van der Waals surface area contributed by atoms with Gasteiger partial charge in [0.05, 0.1) is 0 Å². The number of aryl methyl sites for hydroxylation is 4. The van der Waals surface area contributed by atoms with E-state index in [1.165, 1.54) is 94.7 Å². The lowest BCUT2D eigenvalue weighted by molar-refractivity contribution is 0.652. The van der Waals surface area contributed by atoms with Gasteiger partial charge in [-0.2, -0.15) is 0 Å². The highest BCUT2D eigenvalue weighted by atomic mass is 14.7. The number of benzene rings is 1. The van der Waals surface area contributed by atoms with Crippen molar-refractivity contribution in [3.63, 3.8) is 0 Å². The molecule has 0 amide bonds. The highest BCUT2D eigenvalue weighted by Gasteiger charge is 2.20. The Hall–Kier alpha value is -1.24. The summed E-state index contributed by atoms with van der Waals surface area (Å²) in [6.45, 7) is 4.60. The van der Waals surface area contributed by atoms with Crippen LogP contribution in [0.25, 0.3) is 10.9 Å². The molecule has 2 aromatic rings. The Morgan fingerprint density at radius 1 is 0.833 bits per heavy atom. The molecule has 0 radical (unpaired) electrons. The van der Waals surface area contributed by atoms with Crippen molar-refractivity contribution in [2.45, 2.75) is 97.3 Å². The lowest BCUT2D eigenvalue weighted by Crippen LogP contribution is -1.98. The molecule has 0 aliphatic heterocycles. The first kappa shape index (κ1) is 17.6. The summed E-state index contributed by atoms with van der Waals surface area (Å²) in [7, 11) is 0. The summed E-state index contributed by atoms with van der Waals surface area (Å²) in [6.07, 6.45) is 17.3. The fourth-order valence-electron chi connectivity index (χ4n) is 4.45. The van der Waals surface area contributed by atoms with Crippen LogP contribution in [0.3, 0.4) is 0 Å². The number of rotatable bonds is 10. The monoisotopic (exact) mass is 325 g/mol. The maximum atomic E-state index is 3.72. The average Bonchev–Trinajstić information content (AvgIpc) is 3.17. The molecule has 0 spiro atoms. The Bertz CT molecular complexity index is 650. The van der Waals surface area contributed by atoms with Crippen LogP contribution in [0.5, 0.6) is 0 Å². The highest BCUT2D eigenvalue weighted by Crippen LogP contribution is 2.35. The Labute approximate surface area is 148 Å². The van der Waals surface area contributed by atoms with Gasteiger partial charge in [-0.05, 0) is 67.7 Å². The summed E-state index contributed by atoms with van der Waals surface area (Å²) in [5, 5.41) is 1.62. The first-order valence-corrected chi connectivity index (χ1v) is 10.5. The van der Waals surface area contributed by atoms with Crippen molar-refractivity contribution in [1.82, 2.24) is 4.98 Å². The SMILES string of the molecule is CCCCCCc1ccc2[nH]c3c(c2c1CCCCCC)CCC3. The van der Waals surface area contributed by atoms with E-state index in [-0.39, 0.29) is 0 Å². The van der Waals surface area contributed by atoms with Crippen LogP contribution in [0, 0.1) is 0 Å². The van der Waals surface area contributed by atoms with Gasteiger partial charge in [0.25, 0.3) is 0 Å². The molecule has 0 unspecified atom stereocenters. The van der Waals surface area contributed by atoms with E-state index in [0.29, 0.717) is 0 Å². The summed E-state index contributed by atoms with van der Waals surface area (Å²) in [4.78, 5) is 3.72. The van der Waals surface area contributed by atoms with Crippen molar-refractivity contribution in [3.8, 4) is 0 Å². The van der Waals surface area contributed by atoms with Crippen LogP contribution in [0.4, 0.5) is 0 Å². The van der Waals surface area contributed by atoms with Crippen LogP contribution in [0.15, 0.2) is 12.1 Å². The molecular weight excluding hydrogens is 290 g/mol. The molecule has 1 aromatic heterocycles. The summed E-state index contributed by atoms with van der Waals surface area (Å²) >= 11 is 0. The van der Waals surface area contributed by atoms with Gasteiger partial charge in [-0.3, -0.25) is 0 Å². The standard InChI is InChI=1S/C23H35N/c1-3-5-7-9-12-18-16-17-22-23(19(18)13-10-8-6-4-2)20-14-11-15-21(20)24-22/h16-17,24H,3-15H2,1-2H3. The summed E-state index contributed by atoms with van der Waals surface area (Å²) in [5.74, 6) is 0. The number of nitrogens with one attached hydrogen (secondary N) is 1. The van der Waals surface area contributed by atoms with Crippen LogP contribution in [-0.2, 0) is 25.7 Å². The first-order valence-electron chi connectivity index (χ1n) is 10.5. The summed E-state index contributed by atoms with van der Waals surface area (Å²) in [6, 6.07) is 4.79. The van der Waals surface area contributed by atoms with E-state index in [1.807, 2.05) is 0 Å². The van der Waals surface area contributed by atoms with Crippen LogP contribution >= 0.6 is 0 Å². The maximum absolute atomic E-state index is 3.72. The molecule has 132 valence electrons. The summed E-state index contributed by atoms with van der Waals surface area (Å²) in [5.41, 5.74) is 7.93. The molecule has 0 fully saturated rings. The zero-order valence-electron chi connectivity index (χ0n) is 15.8. The molecule has 1 heterocycles. The lowest BCUT2D eigenvalue weighted by atomic mass is 9.92. The largest absolute Gasteiger partial charge is 0.358 e. The molecule has 0 saturated carbocycles. The highest BCUT2D eigenvalue weighted by molar-refractivity contribution is 5.89. The molecule has 0 atom stereocenters. The third kappa shape index (κ3) is 3.87. The van der Waals surface area contributed by atoms with Gasteiger partial charge in [0.1, 0.15) is 0 Å². The first-order chi connectivity index (χ1) is 11.8. The van der Waals surface area contributed by atoms with E-state index < -0.39 is 0 Å². The molecule has 0 saturated heterocycles. The van der Waals surface area contributed by atoms with Gasteiger partial charge in [0, 0.05) is 16.6 Å². The Kier molecular flexibility index (Phi) is 6.40. The fraction of sp³-hybridized carbons (Fsp3) is 0.652. The zero-order valence-corrected chi connectivity index (χ0v) is 15.8. The topological polar surface area (TPSA) is 15.8 Å². The number of hydrogen-bond donors (Lipinski definition) is 1. The minimum Gasteiger partial charge on any atom is -0.358 e. The number of aromatic nitrogens is 1. The van der Waals surface area contributed by atoms with Crippen molar-refractivity contribution in [2.75, 3.05) is 0 Å². The van der Waals surface area contributed by atoms with Crippen LogP contribution in [-0.4, -0.2) is 4.98 Å². The van der Waals surface area contributed by atoms with Gasteiger partial charge in [-0.1, -0.05) is 58.4 Å². The van der Waals surface area contributed by atoms with E-state index in [0.717, 1.165) is 0 Å². The molecule has 1 N–H and O–H groups in total. The predicted molar refractivity (Wildman–Crippen MR) is 106 cm³/mol. The average molecular weight is 326 g/mol. The van der Waals surface area contributed by atoms with Gasteiger partial charge < -0.3 is 4.98 Å². The number of H-pyrrole nitrogens is 1. The molecule has 1 nitrogen and oxygen atoms in total. The number of unbranched alkanes of at least 4 members (excludes halogenated alkanes) is 6. The third-order valence-electron chi connectivity index (χ3n) is 5.80. The molecular formula is C23H35N. The van der Waals surface area contributed by atoms with Crippen molar-refractivity contribution < 1.29 is 0 Å². The fourth-order valence-corrected chi connectivity index (χ4v) is 4.45. The van der Waals surface area contributed by atoms with E-state index >= 15 is 0 Å². The van der Waals surface area contributed by atoms with Crippen molar-refractivity contribution >= 4 is 10.9 Å². The zero-order chi connectivity index (χ0) is 16.8. The molecule has 1 aromatic carbocycles. The maximum Gasteiger partial charge on any atom is 0.0461 e. The van der Waals surface area contributed by atoms with Gasteiger partial charge in [-0.15, -0.1) is 0 Å². The number of hydrogen-bond acceptors (Lipinski definition) is 0. The number of fused-ring (bicyclic) bond motifs is 3. The quantitative estimate of drug-likeness (QED) is 0.457. The minimum absolute atomic E-state index is 1.26. The van der Waals surface area contributed by atoms with Gasteiger partial charge in [0.15, 0.2) is 0 Å². The minimum atomic E-state index is 1.26. The van der Waals surface area contributed by atoms with Gasteiger partial charge in [0.2, 0.25) is 0 Å². The van der Waals surface area contributed by atoms with Crippen molar-refractivity contribution in [1.29, 1.82) is 0 Å². The van der Waals surface area contributed by atoms with E-state index in [4.69, 9.17) is 0 Å². The third-order valence-corrected chi connectivity index (χ3v) is 5.80. The van der Waals surface area contributed by atoms with Crippen LogP contribution in [0.2, 0.25) is 0 Å². The van der Waals surface area contributed by atoms with E-state index in [1.54, 1.807) is 22.1 Å². The predicted octanol–water partition coefficient (Wildman–Crippen LogP) is 6.90. The Balaban J connectivity index is 1.84. The lowest BCUT2D eigenvalue weighted by Gasteiger charge is -2.13. The Morgan fingerprint density at radius 2 is 1.58 bits per heavy atom. The normalized spacial score (nSPS) is 13.8. The van der Waals surface area contributed by atoms with Gasteiger partial charge in [-0.25, -0.2) is 0 Å². The van der Waals surface area contributed by atoms with E-state index in [2.05, 4.69) is 31.0 Å². The summed E-state index contributed by atoms with van der Waals surface area (Å²) < 4.78 is 0. The van der Waals surface area contributed by atoms with Crippen LogP contribution < -0.4 is 0 Å².